The average Bonchev–Trinajstić information content (AvgIpc) is 3.12. The Morgan fingerprint density at radius 1 is 1.32 bits per heavy atom. The number of fused-ring (bicyclic) bond motifs is 2. The standard InChI is InChI=1S/C14H12N2OS2/c17-8-11-12(16-6-5-15-14(16)19-11)10-3-1-2-9-4-7-18-13(9)10/h1-4,7,17H,5-6,8H2. The first kappa shape index (κ1) is 11.5. The summed E-state index contributed by atoms with van der Waals surface area (Å²) in [5, 5.41) is 14.0. The molecule has 3 heterocycles. The number of aliphatic hydroxyl groups is 1. The highest BCUT2D eigenvalue weighted by Crippen LogP contribution is 2.43. The molecule has 0 aliphatic carbocycles. The lowest BCUT2D eigenvalue weighted by Gasteiger charge is -2.17. The largest absolute Gasteiger partial charge is 0.391 e. The molecule has 1 N–H and O–H groups in total. The molecule has 2 aliphatic heterocycles. The van der Waals surface area contributed by atoms with E-state index < -0.39 is 0 Å². The lowest BCUT2D eigenvalue weighted by molar-refractivity contribution is 0.339. The molecule has 96 valence electrons. The molecule has 4 rings (SSSR count). The summed E-state index contributed by atoms with van der Waals surface area (Å²) in [5.74, 6) is 0. The highest BCUT2D eigenvalue weighted by atomic mass is 32.2. The van der Waals surface area contributed by atoms with E-state index in [2.05, 4.69) is 39.5 Å². The summed E-state index contributed by atoms with van der Waals surface area (Å²) in [6, 6.07) is 8.51. The van der Waals surface area contributed by atoms with Crippen molar-refractivity contribution in [3.63, 3.8) is 0 Å². The Morgan fingerprint density at radius 3 is 3.16 bits per heavy atom. The van der Waals surface area contributed by atoms with Gasteiger partial charge in [0, 0.05) is 21.7 Å². The van der Waals surface area contributed by atoms with Gasteiger partial charge < -0.3 is 10.0 Å². The van der Waals surface area contributed by atoms with Crippen molar-refractivity contribution in [3.8, 4) is 0 Å². The van der Waals surface area contributed by atoms with E-state index in [9.17, 15) is 5.11 Å². The number of aliphatic hydroxyl groups excluding tert-OH is 1. The Kier molecular flexibility index (Phi) is 2.65. The monoisotopic (exact) mass is 288 g/mol. The number of thiophene rings is 1. The van der Waals surface area contributed by atoms with Gasteiger partial charge in [-0.25, -0.2) is 0 Å². The fourth-order valence-electron chi connectivity index (χ4n) is 2.61. The molecule has 5 heteroatoms. The maximum absolute atomic E-state index is 9.62. The van der Waals surface area contributed by atoms with Gasteiger partial charge in [0.1, 0.15) is 0 Å². The van der Waals surface area contributed by atoms with Crippen molar-refractivity contribution >= 4 is 44.0 Å². The topological polar surface area (TPSA) is 35.8 Å². The molecular formula is C14H12N2OS2. The number of amidine groups is 1. The van der Waals surface area contributed by atoms with Crippen LogP contribution in [-0.4, -0.2) is 34.9 Å². The third-order valence-electron chi connectivity index (χ3n) is 3.43. The summed E-state index contributed by atoms with van der Waals surface area (Å²) in [7, 11) is 0. The molecule has 0 bridgehead atoms. The smallest absolute Gasteiger partial charge is 0.168 e. The fraction of sp³-hybridized carbons (Fsp3) is 0.214. The molecule has 0 amide bonds. The fourth-order valence-corrected chi connectivity index (χ4v) is 4.58. The van der Waals surface area contributed by atoms with Crippen LogP contribution in [0.15, 0.2) is 39.5 Å². The summed E-state index contributed by atoms with van der Waals surface area (Å²) in [6.45, 7) is 1.85. The minimum atomic E-state index is 0.0806. The first-order valence-electron chi connectivity index (χ1n) is 6.19. The van der Waals surface area contributed by atoms with Gasteiger partial charge in [-0.05, 0) is 16.8 Å². The van der Waals surface area contributed by atoms with Gasteiger partial charge in [-0.1, -0.05) is 30.0 Å². The second-order valence-electron chi connectivity index (χ2n) is 4.49. The van der Waals surface area contributed by atoms with Gasteiger partial charge in [-0.15, -0.1) is 11.3 Å². The van der Waals surface area contributed by atoms with Crippen molar-refractivity contribution < 1.29 is 5.11 Å². The Labute approximate surface area is 119 Å². The zero-order chi connectivity index (χ0) is 12.8. The third-order valence-corrected chi connectivity index (χ3v) is 5.49. The molecule has 0 unspecified atom stereocenters. The molecule has 0 spiro atoms. The van der Waals surface area contributed by atoms with Crippen molar-refractivity contribution in [1.82, 2.24) is 4.90 Å². The van der Waals surface area contributed by atoms with E-state index in [0.717, 1.165) is 28.9 Å². The molecule has 0 saturated carbocycles. The van der Waals surface area contributed by atoms with Crippen LogP contribution in [0.4, 0.5) is 0 Å². The zero-order valence-electron chi connectivity index (χ0n) is 10.2. The van der Waals surface area contributed by atoms with Crippen LogP contribution in [0.25, 0.3) is 15.8 Å². The molecule has 1 aromatic heterocycles. The zero-order valence-corrected chi connectivity index (χ0v) is 11.8. The third kappa shape index (κ3) is 1.65. The second-order valence-corrected chi connectivity index (χ2v) is 6.47. The van der Waals surface area contributed by atoms with Crippen molar-refractivity contribution in [1.29, 1.82) is 0 Å². The second kappa shape index (κ2) is 4.37. The molecule has 0 radical (unpaired) electrons. The van der Waals surface area contributed by atoms with Crippen molar-refractivity contribution in [3.05, 3.63) is 40.1 Å². The van der Waals surface area contributed by atoms with Crippen molar-refractivity contribution in [2.45, 2.75) is 0 Å². The quantitative estimate of drug-likeness (QED) is 0.923. The number of benzene rings is 1. The number of nitrogens with zero attached hydrogens (tertiary/aromatic N) is 2. The molecule has 0 fully saturated rings. The SMILES string of the molecule is OCC1=C(c2cccc3ccsc23)N2CCN=C2S1. The van der Waals surface area contributed by atoms with E-state index in [1.807, 2.05) is 0 Å². The Bertz CT molecular complexity index is 717. The summed E-state index contributed by atoms with van der Waals surface area (Å²) in [4.78, 5) is 7.75. The minimum absolute atomic E-state index is 0.0806. The van der Waals surface area contributed by atoms with E-state index in [0.29, 0.717) is 0 Å². The van der Waals surface area contributed by atoms with Gasteiger partial charge in [0.15, 0.2) is 5.17 Å². The van der Waals surface area contributed by atoms with Crippen LogP contribution in [0, 0.1) is 0 Å². The highest BCUT2D eigenvalue weighted by molar-refractivity contribution is 8.17. The van der Waals surface area contributed by atoms with Crippen LogP contribution in [-0.2, 0) is 0 Å². The van der Waals surface area contributed by atoms with E-state index in [4.69, 9.17) is 0 Å². The molecule has 19 heavy (non-hydrogen) atoms. The van der Waals surface area contributed by atoms with E-state index >= 15 is 0 Å². The number of rotatable bonds is 2. The van der Waals surface area contributed by atoms with E-state index in [1.165, 1.54) is 15.6 Å². The van der Waals surface area contributed by atoms with Crippen LogP contribution in [0.1, 0.15) is 5.56 Å². The van der Waals surface area contributed by atoms with Gasteiger partial charge in [-0.2, -0.15) is 0 Å². The number of hydrogen-bond acceptors (Lipinski definition) is 5. The Hall–Kier alpha value is -1.30. The first-order chi connectivity index (χ1) is 9.38. The number of hydrogen-bond donors (Lipinski definition) is 1. The predicted molar refractivity (Wildman–Crippen MR) is 82.4 cm³/mol. The van der Waals surface area contributed by atoms with Gasteiger partial charge in [0.2, 0.25) is 0 Å². The minimum Gasteiger partial charge on any atom is -0.391 e. The van der Waals surface area contributed by atoms with Crippen LogP contribution in [0.5, 0.6) is 0 Å². The van der Waals surface area contributed by atoms with Crippen LogP contribution < -0.4 is 0 Å². The van der Waals surface area contributed by atoms with Crippen LogP contribution in [0.2, 0.25) is 0 Å². The van der Waals surface area contributed by atoms with Gasteiger partial charge in [0.05, 0.1) is 18.8 Å². The lowest BCUT2D eigenvalue weighted by Crippen LogP contribution is -2.20. The predicted octanol–water partition coefficient (Wildman–Crippen LogP) is 2.98. The summed E-state index contributed by atoms with van der Waals surface area (Å²) < 4.78 is 1.29. The average molecular weight is 288 g/mol. The summed E-state index contributed by atoms with van der Waals surface area (Å²) in [5.41, 5.74) is 2.37. The molecule has 0 saturated heterocycles. The maximum Gasteiger partial charge on any atom is 0.168 e. The van der Waals surface area contributed by atoms with Gasteiger partial charge in [0.25, 0.3) is 0 Å². The van der Waals surface area contributed by atoms with Crippen LogP contribution >= 0.6 is 23.1 Å². The molecule has 2 aliphatic rings. The van der Waals surface area contributed by atoms with Gasteiger partial charge >= 0.3 is 0 Å². The summed E-state index contributed by atoms with van der Waals surface area (Å²) in [6.07, 6.45) is 0. The molecule has 0 atom stereocenters. The molecule has 1 aromatic carbocycles. The maximum atomic E-state index is 9.62. The highest BCUT2D eigenvalue weighted by Gasteiger charge is 2.33. The molecular weight excluding hydrogens is 276 g/mol. The first-order valence-corrected chi connectivity index (χ1v) is 7.88. The van der Waals surface area contributed by atoms with Gasteiger partial charge in [-0.3, -0.25) is 4.99 Å². The molecule has 2 aromatic rings. The van der Waals surface area contributed by atoms with Crippen molar-refractivity contribution in [2.24, 2.45) is 4.99 Å². The number of aliphatic imine (C=N–C) groups is 1. The Morgan fingerprint density at radius 2 is 2.26 bits per heavy atom. The lowest BCUT2D eigenvalue weighted by atomic mass is 10.1. The Balaban J connectivity index is 1.95. The molecule has 3 nitrogen and oxygen atoms in total. The summed E-state index contributed by atoms with van der Waals surface area (Å²) >= 11 is 3.36. The number of thioether (sulfide) groups is 1. The van der Waals surface area contributed by atoms with Crippen LogP contribution in [0.3, 0.4) is 0 Å². The van der Waals surface area contributed by atoms with E-state index in [1.54, 1.807) is 23.1 Å². The van der Waals surface area contributed by atoms with Crippen molar-refractivity contribution in [2.75, 3.05) is 19.7 Å². The van der Waals surface area contributed by atoms with E-state index in [-0.39, 0.29) is 6.61 Å². The normalized spacial score (nSPS) is 18.4.